The summed E-state index contributed by atoms with van der Waals surface area (Å²) < 4.78 is 0.262. The van der Waals surface area contributed by atoms with Crippen LogP contribution in [0.25, 0.3) is 0 Å². The van der Waals surface area contributed by atoms with Gasteiger partial charge in [-0.1, -0.05) is 34.5 Å². The quantitative estimate of drug-likeness (QED) is 0.657. The molecule has 5 rings (SSSR count). The van der Waals surface area contributed by atoms with E-state index in [-0.39, 0.29) is 26.6 Å². The normalized spacial score (nSPS) is 24.5. The number of hydrogen-bond donors (Lipinski definition) is 2. The number of amides is 3. The highest BCUT2D eigenvalue weighted by molar-refractivity contribution is 7.18. The Hall–Kier alpha value is -1.88. The number of nitrogens with one attached hydrogen (secondary N) is 2. The molecule has 2 aromatic heterocycles. The number of piperazine rings is 1. The van der Waals surface area contributed by atoms with E-state index in [0.717, 1.165) is 48.6 Å². The molecule has 0 unspecified atom stereocenters. The summed E-state index contributed by atoms with van der Waals surface area (Å²) in [6, 6.07) is 0.629. The van der Waals surface area contributed by atoms with Gasteiger partial charge in [-0.2, -0.15) is 5.10 Å². The Morgan fingerprint density at radius 2 is 2.06 bits per heavy atom. The van der Waals surface area contributed by atoms with Gasteiger partial charge in [0.1, 0.15) is 4.34 Å². The molecule has 0 spiro atoms. The molecule has 172 valence electrons. The number of thiazole rings is 1. The highest BCUT2D eigenvalue weighted by Crippen LogP contribution is 2.42. The average Bonchev–Trinajstić information content (AvgIpc) is 3.48. The fourth-order valence-corrected chi connectivity index (χ4v) is 6.17. The van der Waals surface area contributed by atoms with E-state index in [0.29, 0.717) is 18.4 Å². The third kappa shape index (κ3) is 3.48. The molecule has 0 aliphatic carbocycles. The number of hydrogen-bond acceptors (Lipinski definition) is 6. The lowest BCUT2D eigenvalue weighted by atomic mass is 10.0. The monoisotopic (exact) mass is 497 g/mol. The van der Waals surface area contributed by atoms with Gasteiger partial charge in [-0.25, -0.2) is 9.78 Å². The smallest absolute Gasteiger partial charge is 0.319 e. The molecule has 3 amide bonds. The van der Waals surface area contributed by atoms with Crippen LogP contribution in [0, 0.1) is 0 Å². The predicted octanol–water partition coefficient (Wildman–Crippen LogP) is 3.76. The number of H-pyrrole nitrogens is 1. The standard InChI is InChI=1S/C20H25Cl2N7O2S/c1-10-7-27-6-4-5-11(27)8-28(10)19(31)29-9-12-13(20(29,2)3)25-26-16(12)24-17(30)18-23-14(21)15(22)32-18/h10-11H,4-9H2,1-3H3,(H2,24,25,26,30)/t10-,11-/m0/s1. The number of carbonyl (C=O) groups excluding carboxylic acids is 2. The molecule has 32 heavy (non-hydrogen) atoms. The maximum atomic E-state index is 13.7. The van der Waals surface area contributed by atoms with Gasteiger partial charge >= 0.3 is 6.03 Å². The molecule has 0 saturated carbocycles. The summed E-state index contributed by atoms with van der Waals surface area (Å²) in [6.45, 7) is 9.28. The molecule has 2 fully saturated rings. The molecule has 12 heteroatoms. The largest absolute Gasteiger partial charge is 0.321 e. The minimum absolute atomic E-state index is 0.0226. The fourth-order valence-electron chi connectivity index (χ4n) is 5.08. The number of halogens is 2. The van der Waals surface area contributed by atoms with Crippen LogP contribution in [-0.2, 0) is 12.1 Å². The minimum atomic E-state index is -0.581. The van der Waals surface area contributed by atoms with Crippen molar-refractivity contribution in [1.82, 2.24) is 29.9 Å². The van der Waals surface area contributed by atoms with Crippen molar-refractivity contribution in [3.8, 4) is 0 Å². The molecule has 2 saturated heterocycles. The van der Waals surface area contributed by atoms with E-state index in [4.69, 9.17) is 23.2 Å². The molecule has 0 aromatic carbocycles. The first kappa shape index (κ1) is 21.9. The van der Waals surface area contributed by atoms with Gasteiger partial charge in [-0.15, -0.1) is 0 Å². The van der Waals surface area contributed by atoms with Crippen LogP contribution >= 0.6 is 34.5 Å². The lowest BCUT2D eigenvalue weighted by Crippen LogP contribution is -2.60. The fraction of sp³-hybridized carbons (Fsp3) is 0.600. The zero-order valence-electron chi connectivity index (χ0n) is 18.1. The Morgan fingerprint density at radius 3 is 2.78 bits per heavy atom. The SMILES string of the molecule is C[C@H]1CN2CCC[C@H]2CN1C(=O)N1Cc2c(NC(=O)c3nc(Cl)c(Cl)s3)n[nH]c2C1(C)C. The summed E-state index contributed by atoms with van der Waals surface area (Å²) in [5, 5.41) is 10.4. The molecular weight excluding hydrogens is 473 g/mol. The summed E-state index contributed by atoms with van der Waals surface area (Å²) >= 11 is 12.8. The van der Waals surface area contributed by atoms with Gasteiger partial charge in [0.25, 0.3) is 5.91 Å². The minimum Gasteiger partial charge on any atom is -0.319 e. The summed E-state index contributed by atoms with van der Waals surface area (Å²) in [6.07, 6.45) is 2.34. The van der Waals surface area contributed by atoms with Gasteiger partial charge in [-0.3, -0.25) is 14.8 Å². The second kappa shape index (κ2) is 7.86. The van der Waals surface area contributed by atoms with Crippen molar-refractivity contribution < 1.29 is 9.59 Å². The number of aromatic nitrogens is 3. The van der Waals surface area contributed by atoms with Gasteiger partial charge in [0.05, 0.1) is 17.8 Å². The van der Waals surface area contributed by atoms with Crippen molar-refractivity contribution in [2.24, 2.45) is 0 Å². The van der Waals surface area contributed by atoms with E-state index in [9.17, 15) is 9.59 Å². The molecule has 9 nitrogen and oxygen atoms in total. The van der Waals surface area contributed by atoms with Crippen LogP contribution in [0.15, 0.2) is 0 Å². The molecule has 3 aliphatic rings. The molecular formula is C20H25Cl2N7O2S. The van der Waals surface area contributed by atoms with Crippen molar-refractivity contribution in [2.75, 3.05) is 25.0 Å². The highest BCUT2D eigenvalue weighted by Gasteiger charge is 2.47. The molecule has 2 N–H and O–H groups in total. The maximum Gasteiger partial charge on any atom is 0.321 e. The first-order valence-electron chi connectivity index (χ1n) is 10.7. The van der Waals surface area contributed by atoms with Crippen molar-refractivity contribution in [2.45, 2.75) is 57.8 Å². The number of rotatable bonds is 2. The molecule has 0 bridgehead atoms. The maximum absolute atomic E-state index is 13.7. The molecule has 5 heterocycles. The number of fused-ring (bicyclic) bond motifs is 2. The molecule has 2 aromatic rings. The van der Waals surface area contributed by atoms with E-state index < -0.39 is 11.4 Å². The highest BCUT2D eigenvalue weighted by atomic mass is 35.5. The molecule has 0 radical (unpaired) electrons. The van der Waals surface area contributed by atoms with E-state index in [1.54, 1.807) is 0 Å². The zero-order valence-corrected chi connectivity index (χ0v) is 20.4. The Bertz CT molecular complexity index is 1060. The van der Waals surface area contributed by atoms with Gasteiger partial charge in [0.15, 0.2) is 16.0 Å². The van der Waals surface area contributed by atoms with Gasteiger partial charge in [0, 0.05) is 30.7 Å². The first-order valence-corrected chi connectivity index (χ1v) is 12.3. The van der Waals surface area contributed by atoms with Crippen LogP contribution in [0.4, 0.5) is 10.6 Å². The lowest BCUT2D eigenvalue weighted by Gasteiger charge is -2.45. The lowest BCUT2D eigenvalue weighted by molar-refractivity contribution is 0.0454. The van der Waals surface area contributed by atoms with E-state index >= 15 is 0 Å². The predicted molar refractivity (Wildman–Crippen MR) is 123 cm³/mol. The Labute approximate surface area is 200 Å². The van der Waals surface area contributed by atoms with E-state index in [1.165, 1.54) is 6.42 Å². The number of anilines is 1. The second-order valence-corrected chi connectivity index (χ2v) is 11.1. The molecule has 3 aliphatic heterocycles. The first-order chi connectivity index (χ1) is 15.2. The van der Waals surface area contributed by atoms with Gasteiger partial charge < -0.3 is 15.1 Å². The summed E-state index contributed by atoms with van der Waals surface area (Å²) in [5.74, 6) is -0.0452. The van der Waals surface area contributed by atoms with Crippen molar-refractivity contribution in [3.63, 3.8) is 0 Å². The van der Waals surface area contributed by atoms with Gasteiger partial charge in [0.2, 0.25) is 0 Å². The van der Waals surface area contributed by atoms with Crippen LogP contribution in [0.2, 0.25) is 9.49 Å². The van der Waals surface area contributed by atoms with Crippen LogP contribution in [-0.4, -0.2) is 73.5 Å². The number of carbonyl (C=O) groups is 2. The Kier molecular flexibility index (Phi) is 5.39. The summed E-state index contributed by atoms with van der Waals surface area (Å²) in [5.41, 5.74) is 1.05. The average molecular weight is 498 g/mol. The van der Waals surface area contributed by atoms with Gasteiger partial charge in [-0.05, 0) is 40.2 Å². The third-order valence-corrected chi connectivity index (χ3v) is 8.59. The summed E-state index contributed by atoms with van der Waals surface area (Å²) in [7, 11) is 0. The molecule has 2 atom stereocenters. The second-order valence-electron chi connectivity index (χ2n) is 9.18. The van der Waals surface area contributed by atoms with Crippen molar-refractivity contribution in [3.05, 3.63) is 25.8 Å². The van der Waals surface area contributed by atoms with E-state index in [1.807, 2.05) is 23.6 Å². The van der Waals surface area contributed by atoms with Crippen LogP contribution in [0.1, 0.15) is 54.7 Å². The number of aromatic amines is 1. The summed E-state index contributed by atoms with van der Waals surface area (Å²) in [4.78, 5) is 36.6. The third-order valence-electron chi connectivity index (χ3n) is 6.86. The van der Waals surface area contributed by atoms with Crippen molar-refractivity contribution in [1.29, 1.82) is 0 Å². The van der Waals surface area contributed by atoms with Crippen LogP contribution < -0.4 is 5.32 Å². The van der Waals surface area contributed by atoms with Crippen LogP contribution in [0.3, 0.4) is 0 Å². The Morgan fingerprint density at radius 1 is 1.28 bits per heavy atom. The number of urea groups is 1. The topological polar surface area (TPSA) is 97.5 Å². The number of nitrogens with zero attached hydrogens (tertiary/aromatic N) is 5. The Balaban J connectivity index is 1.35. The van der Waals surface area contributed by atoms with Crippen molar-refractivity contribution >= 4 is 52.3 Å². The van der Waals surface area contributed by atoms with Crippen LogP contribution in [0.5, 0.6) is 0 Å². The zero-order chi connectivity index (χ0) is 22.8. The van der Waals surface area contributed by atoms with E-state index in [2.05, 4.69) is 32.3 Å².